The number of nitrogens with one attached hydrogen (secondary N) is 1. The van der Waals surface area contributed by atoms with Gasteiger partial charge in [0.25, 0.3) is 0 Å². The van der Waals surface area contributed by atoms with Crippen LogP contribution in [0.15, 0.2) is 0 Å². The standard InChI is InChI=1S/C13H26N2O2/c1-3-10-4-6-11(7-5-10)8-15-13(16)12(14)9-17-2/h10-12H,3-9,14H2,1-2H3,(H,15,16). The Hall–Kier alpha value is -0.610. The summed E-state index contributed by atoms with van der Waals surface area (Å²) in [7, 11) is 1.55. The lowest BCUT2D eigenvalue weighted by Gasteiger charge is -2.28. The number of carbonyl (C=O) groups excluding carboxylic acids is 1. The minimum Gasteiger partial charge on any atom is -0.383 e. The molecule has 0 heterocycles. The Morgan fingerprint density at radius 1 is 1.35 bits per heavy atom. The van der Waals surface area contributed by atoms with E-state index < -0.39 is 6.04 Å². The van der Waals surface area contributed by atoms with Gasteiger partial charge in [-0.05, 0) is 24.7 Å². The average molecular weight is 242 g/mol. The summed E-state index contributed by atoms with van der Waals surface area (Å²) in [4.78, 5) is 11.6. The van der Waals surface area contributed by atoms with Crippen LogP contribution < -0.4 is 11.1 Å². The Morgan fingerprint density at radius 2 is 1.94 bits per heavy atom. The van der Waals surface area contributed by atoms with Crippen molar-refractivity contribution in [2.24, 2.45) is 17.6 Å². The second-order valence-corrected chi connectivity index (χ2v) is 5.10. The fourth-order valence-corrected chi connectivity index (χ4v) is 2.48. The van der Waals surface area contributed by atoms with Gasteiger partial charge in [0.15, 0.2) is 0 Å². The summed E-state index contributed by atoms with van der Waals surface area (Å²) in [6.45, 7) is 3.32. The van der Waals surface area contributed by atoms with Gasteiger partial charge in [0.2, 0.25) is 5.91 Å². The first-order valence-electron chi connectivity index (χ1n) is 6.69. The van der Waals surface area contributed by atoms with Crippen LogP contribution in [0.25, 0.3) is 0 Å². The summed E-state index contributed by atoms with van der Waals surface area (Å²) < 4.78 is 4.86. The normalized spacial score (nSPS) is 26.5. The van der Waals surface area contributed by atoms with E-state index in [1.165, 1.54) is 32.1 Å². The zero-order chi connectivity index (χ0) is 12.7. The molecule has 4 heteroatoms. The molecule has 0 saturated heterocycles. The molecule has 1 rings (SSSR count). The van der Waals surface area contributed by atoms with E-state index in [0.717, 1.165) is 12.5 Å². The summed E-state index contributed by atoms with van der Waals surface area (Å²) in [6, 6.07) is -0.535. The molecule has 100 valence electrons. The second-order valence-electron chi connectivity index (χ2n) is 5.10. The molecule has 4 nitrogen and oxygen atoms in total. The smallest absolute Gasteiger partial charge is 0.239 e. The molecule has 3 N–H and O–H groups in total. The Kier molecular flexibility index (Phi) is 6.52. The van der Waals surface area contributed by atoms with E-state index in [0.29, 0.717) is 5.92 Å². The van der Waals surface area contributed by atoms with Crippen LogP contribution in [0.2, 0.25) is 0 Å². The molecule has 0 radical (unpaired) electrons. The Labute approximate surface area is 104 Å². The van der Waals surface area contributed by atoms with Crippen LogP contribution >= 0.6 is 0 Å². The van der Waals surface area contributed by atoms with Crippen molar-refractivity contribution in [3.63, 3.8) is 0 Å². The molecule has 1 atom stereocenters. The molecule has 0 aromatic heterocycles. The Bertz CT molecular complexity index is 225. The maximum absolute atomic E-state index is 11.6. The molecule has 1 fully saturated rings. The van der Waals surface area contributed by atoms with Gasteiger partial charge in [-0.3, -0.25) is 4.79 Å². The molecular formula is C13H26N2O2. The van der Waals surface area contributed by atoms with E-state index in [2.05, 4.69) is 12.2 Å². The highest BCUT2D eigenvalue weighted by atomic mass is 16.5. The van der Waals surface area contributed by atoms with Gasteiger partial charge in [-0.25, -0.2) is 0 Å². The average Bonchev–Trinajstić information content (AvgIpc) is 2.36. The van der Waals surface area contributed by atoms with Gasteiger partial charge in [-0.2, -0.15) is 0 Å². The molecule has 1 saturated carbocycles. The van der Waals surface area contributed by atoms with Crippen molar-refractivity contribution >= 4 is 5.91 Å². The van der Waals surface area contributed by atoms with Crippen LogP contribution in [0.3, 0.4) is 0 Å². The van der Waals surface area contributed by atoms with Gasteiger partial charge in [0.1, 0.15) is 6.04 Å². The van der Waals surface area contributed by atoms with Crippen LogP contribution in [-0.4, -0.2) is 32.2 Å². The van der Waals surface area contributed by atoms with Crippen LogP contribution in [0.1, 0.15) is 39.0 Å². The summed E-state index contributed by atoms with van der Waals surface area (Å²) in [5.74, 6) is 1.44. The quantitative estimate of drug-likeness (QED) is 0.737. The second kappa shape index (κ2) is 7.67. The van der Waals surface area contributed by atoms with E-state index >= 15 is 0 Å². The Morgan fingerprint density at radius 3 is 2.47 bits per heavy atom. The Balaban J connectivity index is 2.16. The van der Waals surface area contributed by atoms with Crippen molar-refractivity contribution < 1.29 is 9.53 Å². The third kappa shape index (κ3) is 5.04. The molecule has 0 aliphatic heterocycles. The molecular weight excluding hydrogens is 216 g/mol. The largest absolute Gasteiger partial charge is 0.383 e. The molecule has 1 unspecified atom stereocenters. The SMILES string of the molecule is CCC1CCC(CNC(=O)C(N)COC)CC1. The maximum Gasteiger partial charge on any atom is 0.239 e. The predicted octanol–water partition coefficient (Wildman–Crippen LogP) is 1.29. The minimum absolute atomic E-state index is 0.0931. The zero-order valence-electron chi connectivity index (χ0n) is 11.1. The number of carbonyl (C=O) groups is 1. The number of amides is 1. The summed E-state index contributed by atoms with van der Waals surface area (Å²) in [5.41, 5.74) is 5.65. The van der Waals surface area contributed by atoms with Crippen molar-refractivity contribution in [2.75, 3.05) is 20.3 Å². The minimum atomic E-state index is -0.535. The molecule has 0 bridgehead atoms. The van der Waals surface area contributed by atoms with Gasteiger partial charge in [-0.1, -0.05) is 26.2 Å². The van der Waals surface area contributed by atoms with Crippen molar-refractivity contribution in [1.29, 1.82) is 0 Å². The first kappa shape index (κ1) is 14.5. The van der Waals surface area contributed by atoms with E-state index in [9.17, 15) is 4.79 Å². The number of hydrogen-bond acceptors (Lipinski definition) is 3. The fourth-order valence-electron chi connectivity index (χ4n) is 2.48. The predicted molar refractivity (Wildman–Crippen MR) is 68.6 cm³/mol. The number of methoxy groups -OCH3 is 1. The van der Waals surface area contributed by atoms with Gasteiger partial charge in [0, 0.05) is 13.7 Å². The summed E-state index contributed by atoms with van der Waals surface area (Å²) in [6.07, 6.45) is 6.37. The molecule has 0 spiro atoms. The number of rotatable bonds is 6. The number of ether oxygens (including phenoxy) is 1. The topological polar surface area (TPSA) is 64.4 Å². The van der Waals surface area contributed by atoms with Crippen LogP contribution in [0.4, 0.5) is 0 Å². The summed E-state index contributed by atoms with van der Waals surface area (Å²) in [5, 5.41) is 2.93. The fraction of sp³-hybridized carbons (Fsp3) is 0.923. The number of hydrogen-bond donors (Lipinski definition) is 2. The van der Waals surface area contributed by atoms with E-state index in [-0.39, 0.29) is 12.5 Å². The third-order valence-corrected chi connectivity index (χ3v) is 3.79. The molecule has 1 amide bonds. The molecule has 1 aliphatic rings. The molecule has 1 aliphatic carbocycles. The van der Waals surface area contributed by atoms with Crippen molar-refractivity contribution in [1.82, 2.24) is 5.32 Å². The van der Waals surface area contributed by atoms with Gasteiger partial charge >= 0.3 is 0 Å². The van der Waals surface area contributed by atoms with E-state index in [1.807, 2.05) is 0 Å². The van der Waals surface area contributed by atoms with Crippen LogP contribution in [0.5, 0.6) is 0 Å². The number of nitrogens with two attached hydrogens (primary N) is 1. The zero-order valence-corrected chi connectivity index (χ0v) is 11.1. The van der Waals surface area contributed by atoms with Gasteiger partial charge in [-0.15, -0.1) is 0 Å². The molecule has 0 aromatic carbocycles. The van der Waals surface area contributed by atoms with E-state index in [1.54, 1.807) is 7.11 Å². The molecule has 0 aromatic rings. The molecule has 17 heavy (non-hydrogen) atoms. The highest BCUT2D eigenvalue weighted by molar-refractivity contribution is 5.81. The lowest BCUT2D eigenvalue weighted by atomic mass is 9.81. The van der Waals surface area contributed by atoms with Crippen molar-refractivity contribution in [2.45, 2.75) is 45.1 Å². The summed E-state index contributed by atoms with van der Waals surface area (Å²) >= 11 is 0. The lowest BCUT2D eigenvalue weighted by molar-refractivity contribution is -0.123. The van der Waals surface area contributed by atoms with Gasteiger partial charge < -0.3 is 15.8 Å². The van der Waals surface area contributed by atoms with Crippen molar-refractivity contribution in [3.8, 4) is 0 Å². The van der Waals surface area contributed by atoms with Crippen LogP contribution in [0, 0.1) is 11.8 Å². The first-order valence-corrected chi connectivity index (χ1v) is 6.69. The van der Waals surface area contributed by atoms with Gasteiger partial charge in [0.05, 0.1) is 6.61 Å². The van der Waals surface area contributed by atoms with Crippen LogP contribution in [-0.2, 0) is 9.53 Å². The maximum atomic E-state index is 11.6. The van der Waals surface area contributed by atoms with Crippen molar-refractivity contribution in [3.05, 3.63) is 0 Å². The third-order valence-electron chi connectivity index (χ3n) is 3.79. The monoisotopic (exact) mass is 242 g/mol. The van der Waals surface area contributed by atoms with E-state index in [4.69, 9.17) is 10.5 Å². The lowest BCUT2D eigenvalue weighted by Crippen LogP contribution is -2.45. The highest BCUT2D eigenvalue weighted by Crippen LogP contribution is 2.29. The first-order chi connectivity index (χ1) is 8.17. The highest BCUT2D eigenvalue weighted by Gasteiger charge is 2.21.